The van der Waals surface area contributed by atoms with Gasteiger partial charge in [0, 0.05) is 6.54 Å². The number of carbonyl (C=O) groups is 1. The van der Waals surface area contributed by atoms with E-state index in [1.807, 2.05) is 0 Å². The van der Waals surface area contributed by atoms with E-state index in [9.17, 15) is 13.2 Å². The van der Waals surface area contributed by atoms with E-state index < -0.39 is 16.0 Å². The van der Waals surface area contributed by atoms with E-state index in [-0.39, 0.29) is 33.1 Å². The van der Waals surface area contributed by atoms with Crippen LogP contribution in [0.5, 0.6) is 0 Å². The highest BCUT2D eigenvalue weighted by Crippen LogP contribution is 2.33. The van der Waals surface area contributed by atoms with Crippen LogP contribution in [-0.2, 0) is 19.6 Å². The summed E-state index contributed by atoms with van der Waals surface area (Å²) in [6, 6.07) is 1.27. The Hall–Kier alpha value is -0.340. The van der Waals surface area contributed by atoms with Crippen molar-refractivity contribution in [2.75, 3.05) is 13.2 Å². The second-order valence-corrected chi connectivity index (χ2v) is 7.16. The van der Waals surface area contributed by atoms with Crippen LogP contribution >= 0.6 is 34.5 Å². The van der Waals surface area contributed by atoms with E-state index in [1.54, 1.807) is 6.92 Å². The summed E-state index contributed by atoms with van der Waals surface area (Å²) in [5, 5.41) is 0. The standard InChI is InChI=1S/C9H11Cl2NO4S2/c1-2-16-8(13)3-4-12-18(14,15)6-5-7(10)17-9(6)11/h5,12H,2-4H2,1H3. The molecule has 0 atom stereocenters. The molecular weight excluding hydrogens is 321 g/mol. The van der Waals surface area contributed by atoms with E-state index in [0.29, 0.717) is 0 Å². The average molecular weight is 332 g/mol. The second-order valence-electron chi connectivity index (χ2n) is 3.14. The zero-order valence-corrected chi connectivity index (χ0v) is 12.5. The molecule has 0 fully saturated rings. The van der Waals surface area contributed by atoms with E-state index >= 15 is 0 Å². The predicted octanol–water partition coefficient (Wildman–Crippen LogP) is 2.29. The summed E-state index contributed by atoms with van der Waals surface area (Å²) < 4.78 is 30.9. The molecule has 0 saturated carbocycles. The van der Waals surface area contributed by atoms with Gasteiger partial charge in [-0.05, 0) is 13.0 Å². The first-order valence-electron chi connectivity index (χ1n) is 4.97. The lowest BCUT2D eigenvalue weighted by Crippen LogP contribution is -2.26. The Morgan fingerprint density at radius 1 is 1.50 bits per heavy atom. The van der Waals surface area contributed by atoms with Gasteiger partial charge in [-0.1, -0.05) is 23.2 Å². The minimum Gasteiger partial charge on any atom is -0.466 e. The highest BCUT2D eigenvalue weighted by molar-refractivity contribution is 7.89. The van der Waals surface area contributed by atoms with Gasteiger partial charge in [0.2, 0.25) is 10.0 Å². The summed E-state index contributed by atoms with van der Waals surface area (Å²) in [5.74, 6) is -0.463. The first kappa shape index (κ1) is 15.7. The fourth-order valence-electron chi connectivity index (χ4n) is 1.11. The predicted molar refractivity (Wildman–Crippen MR) is 70.8 cm³/mol. The van der Waals surface area contributed by atoms with Gasteiger partial charge in [-0.15, -0.1) is 11.3 Å². The molecule has 1 N–H and O–H groups in total. The maximum absolute atomic E-state index is 11.8. The van der Waals surface area contributed by atoms with Crippen molar-refractivity contribution >= 4 is 50.5 Å². The number of rotatable bonds is 6. The molecule has 0 saturated heterocycles. The number of carbonyl (C=O) groups excluding carboxylic acids is 1. The van der Waals surface area contributed by atoms with Gasteiger partial charge < -0.3 is 4.74 Å². The Morgan fingerprint density at radius 3 is 2.67 bits per heavy atom. The molecule has 0 radical (unpaired) electrons. The third-order valence-electron chi connectivity index (χ3n) is 1.84. The monoisotopic (exact) mass is 331 g/mol. The Kier molecular flexibility index (Phi) is 5.87. The molecule has 18 heavy (non-hydrogen) atoms. The molecule has 0 spiro atoms. The number of sulfonamides is 1. The van der Waals surface area contributed by atoms with Crippen LogP contribution < -0.4 is 4.72 Å². The van der Waals surface area contributed by atoms with Gasteiger partial charge in [0.05, 0.1) is 17.4 Å². The van der Waals surface area contributed by atoms with Crippen LogP contribution in [0.1, 0.15) is 13.3 Å². The molecule has 0 aliphatic rings. The Balaban J connectivity index is 2.61. The molecule has 1 heterocycles. The number of hydrogen-bond acceptors (Lipinski definition) is 5. The molecule has 0 aliphatic carbocycles. The highest BCUT2D eigenvalue weighted by atomic mass is 35.5. The van der Waals surface area contributed by atoms with E-state index in [4.69, 9.17) is 23.2 Å². The van der Waals surface area contributed by atoms with Crippen LogP contribution in [0.15, 0.2) is 11.0 Å². The number of hydrogen-bond donors (Lipinski definition) is 1. The third-order valence-corrected chi connectivity index (χ3v) is 5.06. The fourth-order valence-corrected chi connectivity index (χ4v) is 4.29. The van der Waals surface area contributed by atoms with Crippen molar-refractivity contribution in [3.63, 3.8) is 0 Å². The lowest BCUT2D eigenvalue weighted by atomic mass is 10.4. The number of thiophene rings is 1. The van der Waals surface area contributed by atoms with Gasteiger partial charge in [0.25, 0.3) is 0 Å². The van der Waals surface area contributed by atoms with Crippen molar-refractivity contribution in [3.05, 3.63) is 14.7 Å². The first-order chi connectivity index (χ1) is 8.36. The molecule has 102 valence electrons. The van der Waals surface area contributed by atoms with Crippen molar-refractivity contribution in [3.8, 4) is 0 Å². The molecule has 0 aromatic carbocycles. The maximum Gasteiger partial charge on any atom is 0.307 e. The number of ether oxygens (including phenoxy) is 1. The van der Waals surface area contributed by atoms with Gasteiger partial charge in [-0.25, -0.2) is 13.1 Å². The van der Waals surface area contributed by atoms with Crippen LogP contribution in [0.4, 0.5) is 0 Å². The normalized spacial score (nSPS) is 11.5. The van der Waals surface area contributed by atoms with E-state index in [1.165, 1.54) is 6.07 Å². The average Bonchev–Trinajstić information content (AvgIpc) is 2.58. The van der Waals surface area contributed by atoms with Crippen molar-refractivity contribution in [1.82, 2.24) is 4.72 Å². The minimum atomic E-state index is -3.74. The zero-order valence-electron chi connectivity index (χ0n) is 9.40. The molecule has 1 aromatic heterocycles. The minimum absolute atomic E-state index is 0.0391. The summed E-state index contributed by atoms with van der Waals surface area (Å²) >= 11 is 12.4. The van der Waals surface area contributed by atoms with Crippen LogP contribution in [0.25, 0.3) is 0 Å². The second kappa shape index (κ2) is 6.72. The van der Waals surface area contributed by atoms with Gasteiger partial charge in [0.1, 0.15) is 9.23 Å². The Labute approximate surface area is 119 Å². The Bertz CT molecular complexity index is 527. The fraction of sp³-hybridized carbons (Fsp3) is 0.444. The van der Waals surface area contributed by atoms with Gasteiger partial charge in [0.15, 0.2) is 0 Å². The molecule has 1 aromatic rings. The molecule has 0 aliphatic heterocycles. The van der Waals surface area contributed by atoms with Crippen molar-refractivity contribution in [2.45, 2.75) is 18.2 Å². The first-order valence-corrected chi connectivity index (χ1v) is 8.02. The highest BCUT2D eigenvalue weighted by Gasteiger charge is 2.20. The molecule has 1 rings (SSSR count). The Morgan fingerprint density at radius 2 is 2.17 bits per heavy atom. The maximum atomic E-state index is 11.8. The van der Waals surface area contributed by atoms with Gasteiger partial charge in [-0.2, -0.15) is 0 Å². The summed E-state index contributed by atoms with van der Waals surface area (Å²) in [7, 11) is -3.74. The van der Waals surface area contributed by atoms with E-state index in [2.05, 4.69) is 9.46 Å². The molecule has 9 heteroatoms. The topological polar surface area (TPSA) is 72.5 Å². The summed E-state index contributed by atoms with van der Waals surface area (Å²) in [4.78, 5) is 11.0. The van der Waals surface area contributed by atoms with Crippen molar-refractivity contribution in [1.29, 1.82) is 0 Å². The number of nitrogens with one attached hydrogen (secondary N) is 1. The van der Waals surface area contributed by atoms with Crippen LogP contribution in [0.2, 0.25) is 8.67 Å². The number of halogens is 2. The third kappa shape index (κ3) is 4.40. The lowest BCUT2D eigenvalue weighted by molar-refractivity contribution is -0.142. The van der Waals surface area contributed by atoms with E-state index in [0.717, 1.165) is 11.3 Å². The SMILES string of the molecule is CCOC(=O)CCNS(=O)(=O)c1cc(Cl)sc1Cl. The number of esters is 1. The quantitative estimate of drug-likeness (QED) is 0.811. The lowest BCUT2D eigenvalue weighted by Gasteiger charge is -2.05. The van der Waals surface area contributed by atoms with Crippen LogP contribution in [0.3, 0.4) is 0 Å². The zero-order chi connectivity index (χ0) is 13.8. The van der Waals surface area contributed by atoms with Crippen LogP contribution in [0, 0.1) is 0 Å². The summed E-state index contributed by atoms with van der Waals surface area (Å²) in [6.07, 6.45) is -0.0391. The van der Waals surface area contributed by atoms with Gasteiger partial charge in [-0.3, -0.25) is 4.79 Å². The smallest absolute Gasteiger partial charge is 0.307 e. The molecule has 5 nitrogen and oxygen atoms in total. The molecular formula is C9H11Cl2NO4S2. The molecule has 0 unspecified atom stereocenters. The van der Waals surface area contributed by atoms with Crippen molar-refractivity contribution < 1.29 is 17.9 Å². The summed E-state index contributed by atoms with van der Waals surface area (Å²) in [6.45, 7) is 1.89. The molecule has 0 bridgehead atoms. The molecule has 0 amide bonds. The summed E-state index contributed by atoms with van der Waals surface area (Å²) in [5.41, 5.74) is 0. The van der Waals surface area contributed by atoms with Crippen LogP contribution in [-0.4, -0.2) is 27.5 Å². The van der Waals surface area contributed by atoms with Crippen molar-refractivity contribution in [2.24, 2.45) is 0 Å². The largest absolute Gasteiger partial charge is 0.466 e. The van der Waals surface area contributed by atoms with Gasteiger partial charge >= 0.3 is 5.97 Å².